The molecule has 0 fully saturated rings. The van der Waals surface area contributed by atoms with Crippen LogP contribution in [0.4, 0.5) is 0 Å². The minimum absolute atomic E-state index is 0.0271. The number of ether oxygens (including phenoxy) is 1. The summed E-state index contributed by atoms with van der Waals surface area (Å²) in [6, 6.07) is 3.68. The summed E-state index contributed by atoms with van der Waals surface area (Å²) in [7, 11) is 1.40. The van der Waals surface area contributed by atoms with Crippen molar-refractivity contribution in [2.45, 2.75) is 40.5 Å². The Kier molecular flexibility index (Phi) is 6.37. The topological polar surface area (TPSA) is 79.9 Å². The highest BCUT2D eigenvalue weighted by Crippen LogP contribution is 2.43. The van der Waals surface area contributed by atoms with Gasteiger partial charge in [-0.3, -0.25) is 4.79 Å². The van der Waals surface area contributed by atoms with Crippen molar-refractivity contribution in [1.82, 2.24) is 0 Å². The largest absolute Gasteiger partial charge is 0.507 e. The highest BCUT2D eigenvalue weighted by molar-refractivity contribution is 7.13. The van der Waals surface area contributed by atoms with Crippen LogP contribution in [0.5, 0.6) is 17.2 Å². The molecule has 2 heterocycles. The van der Waals surface area contributed by atoms with E-state index in [9.17, 15) is 15.0 Å². The predicted molar refractivity (Wildman–Crippen MR) is 122 cm³/mol. The lowest BCUT2D eigenvalue weighted by Gasteiger charge is -2.16. The molecule has 158 valence electrons. The quantitative estimate of drug-likeness (QED) is 0.476. The number of methoxy groups -OCH3 is 1. The van der Waals surface area contributed by atoms with Crippen molar-refractivity contribution in [3.05, 3.63) is 62.2 Å². The van der Waals surface area contributed by atoms with E-state index in [2.05, 4.69) is 0 Å². The van der Waals surface area contributed by atoms with Gasteiger partial charge in [0.25, 0.3) is 0 Å². The number of rotatable bonds is 6. The van der Waals surface area contributed by atoms with Gasteiger partial charge in [0.1, 0.15) is 22.5 Å². The molecule has 0 radical (unpaired) electrons. The lowest BCUT2D eigenvalue weighted by Crippen LogP contribution is -2.10. The van der Waals surface area contributed by atoms with Crippen molar-refractivity contribution in [2.75, 3.05) is 7.11 Å². The molecule has 0 aliphatic carbocycles. The van der Waals surface area contributed by atoms with Gasteiger partial charge >= 0.3 is 0 Å². The van der Waals surface area contributed by atoms with Gasteiger partial charge in [-0.25, -0.2) is 0 Å². The van der Waals surface area contributed by atoms with Gasteiger partial charge in [0.2, 0.25) is 11.2 Å². The second-order valence-corrected chi connectivity index (χ2v) is 8.55. The smallest absolute Gasteiger partial charge is 0.239 e. The zero-order chi connectivity index (χ0) is 22.0. The van der Waals surface area contributed by atoms with E-state index in [1.54, 1.807) is 0 Å². The highest BCUT2D eigenvalue weighted by atomic mass is 32.1. The third kappa shape index (κ3) is 4.00. The van der Waals surface area contributed by atoms with Crippen molar-refractivity contribution < 1.29 is 19.4 Å². The van der Waals surface area contributed by atoms with Gasteiger partial charge in [0.05, 0.1) is 12.0 Å². The van der Waals surface area contributed by atoms with Crippen LogP contribution < -0.4 is 10.2 Å². The van der Waals surface area contributed by atoms with Crippen LogP contribution in [0.15, 0.2) is 50.0 Å². The molecule has 0 unspecified atom stereocenters. The fourth-order valence-corrected chi connectivity index (χ4v) is 3.95. The summed E-state index contributed by atoms with van der Waals surface area (Å²) in [5.41, 5.74) is 2.60. The minimum Gasteiger partial charge on any atom is -0.507 e. The molecule has 2 N–H and O–H groups in total. The molecule has 5 nitrogen and oxygen atoms in total. The summed E-state index contributed by atoms with van der Waals surface area (Å²) in [5.74, 6) is -0.00209. The molecule has 0 spiro atoms. The normalized spacial score (nSPS) is 10.8. The van der Waals surface area contributed by atoms with E-state index < -0.39 is 5.43 Å². The summed E-state index contributed by atoms with van der Waals surface area (Å²) < 4.78 is 11.5. The summed E-state index contributed by atoms with van der Waals surface area (Å²) in [4.78, 5) is 14.1. The van der Waals surface area contributed by atoms with Gasteiger partial charge in [0, 0.05) is 11.1 Å². The number of hydrogen-bond donors (Lipinski definition) is 2. The summed E-state index contributed by atoms with van der Waals surface area (Å²) >= 11 is 1.41. The maximum atomic E-state index is 13.3. The summed E-state index contributed by atoms with van der Waals surface area (Å²) in [5, 5.41) is 23.9. The van der Waals surface area contributed by atoms with Gasteiger partial charge in [-0.05, 0) is 52.0 Å². The zero-order valence-electron chi connectivity index (χ0n) is 17.8. The molecule has 3 rings (SSSR count). The fourth-order valence-electron chi connectivity index (χ4n) is 3.25. The number of allylic oxidation sites excluding steroid dienone is 4. The monoisotopic (exact) mass is 426 g/mol. The molecule has 2 aromatic heterocycles. The Morgan fingerprint density at radius 1 is 1.07 bits per heavy atom. The van der Waals surface area contributed by atoms with E-state index in [1.807, 2.05) is 57.4 Å². The molecule has 0 amide bonds. The van der Waals surface area contributed by atoms with Crippen LogP contribution >= 0.6 is 11.3 Å². The van der Waals surface area contributed by atoms with E-state index >= 15 is 0 Å². The van der Waals surface area contributed by atoms with Crippen molar-refractivity contribution in [1.29, 1.82) is 0 Å². The van der Waals surface area contributed by atoms with Crippen LogP contribution in [-0.4, -0.2) is 17.3 Å². The van der Waals surface area contributed by atoms with Crippen LogP contribution in [0.25, 0.3) is 21.6 Å². The zero-order valence-corrected chi connectivity index (χ0v) is 18.6. The van der Waals surface area contributed by atoms with Crippen LogP contribution in [-0.2, 0) is 12.8 Å². The molecule has 0 saturated carbocycles. The van der Waals surface area contributed by atoms with Crippen molar-refractivity contribution in [3.8, 4) is 27.9 Å². The molecule has 0 bridgehead atoms. The van der Waals surface area contributed by atoms with Crippen LogP contribution in [0, 0.1) is 0 Å². The van der Waals surface area contributed by atoms with Gasteiger partial charge in [0.15, 0.2) is 5.76 Å². The van der Waals surface area contributed by atoms with Crippen molar-refractivity contribution in [3.63, 3.8) is 0 Å². The van der Waals surface area contributed by atoms with Gasteiger partial charge < -0.3 is 19.4 Å². The first kappa shape index (κ1) is 21.7. The van der Waals surface area contributed by atoms with E-state index in [-0.39, 0.29) is 28.2 Å². The molecule has 30 heavy (non-hydrogen) atoms. The Labute approximate surface area is 179 Å². The second-order valence-electron chi connectivity index (χ2n) is 7.60. The maximum Gasteiger partial charge on any atom is 0.239 e. The first-order valence-corrected chi connectivity index (χ1v) is 10.5. The summed E-state index contributed by atoms with van der Waals surface area (Å²) in [6.45, 7) is 7.79. The number of hydrogen-bond acceptors (Lipinski definition) is 6. The van der Waals surface area contributed by atoms with Gasteiger partial charge in [-0.1, -0.05) is 29.4 Å². The standard InChI is InChI=1S/C24H26O5S/c1-13(2)8-10-15-19(25)16(11-9-14(3)4)22-18(20(15)26)21(27)24(28-5)23(29-22)17-7-6-12-30-17/h6-9,12,25-26H,10-11H2,1-5H3. The van der Waals surface area contributed by atoms with Gasteiger partial charge in [-0.15, -0.1) is 11.3 Å². The van der Waals surface area contributed by atoms with E-state index in [1.165, 1.54) is 18.4 Å². The molecule has 3 aromatic rings. The molecule has 0 atom stereocenters. The molecule has 0 aliphatic heterocycles. The first-order chi connectivity index (χ1) is 14.3. The Balaban J connectivity index is 2.45. The van der Waals surface area contributed by atoms with E-state index in [0.29, 0.717) is 29.7 Å². The Bertz CT molecular complexity index is 1190. The summed E-state index contributed by atoms with van der Waals surface area (Å²) in [6.07, 6.45) is 4.51. The molecule has 6 heteroatoms. The number of phenolic OH excluding ortho intramolecular Hbond substituents is 2. The highest BCUT2D eigenvalue weighted by Gasteiger charge is 2.26. The molecular weight excluding hydrogens is 400 g/mol. The molecule has 1 aromatic carbocycles. The van der Waals surface area contributed by atoms with Gasteiger partial charge in [-0.2, -0.15) is 0 Å². The third-order valence-corrected chi connectivity index (χ3v) is 5.69. The van der Waals surface area contributed by atoms with E-state index in [0.717, 1.165) is 16.0 Å². The predicted octanol–water partition coefficient (Wildman–Crippen LogP) is 5.96. The first-order valence-electron chi connectivity index (χ1n) is 9.67. The van der Waals surface area contributed by atoms with Crippen LogP contribution in [0.2, 0.25) is 0 Å². The number of fused-ring (bicyclic) bond motifs is 1. The fraction of sp³-hybridized carbons (Fsp3) is 0.292. The van der Waals surface area contributed by atoms with Crippen molar-refractivity contribution >= 4 is 22.3 Å². The molecular formula is C24H26O5S. The maximum absolute atomic E-state index is 13.3. The van der Waals surface area contributed by atoms with E-state index in [4.69, 9.17) is 9.15 Å². The number of aromatic hydroxyl groups is 2. The average molecular weight is 427 g/mol. The average Bonchev–Trinajstić information content (AvgIpc) is 3.21. The lowest BCUT2D eigenvalue weighted by atomic mass is 9.96. The Morgan fingerprint density at radius 3 is 2.23 bits per heavy atom. The number of phenols is 2. The Hall–Kier alpha value is -2.99. The van der Waals surface area contributed by atoms with Crippen molar-refractivity contribution in [2.24, 2.45) is 0 Å². The Morgan fingerprint density at radius 2 is 1.70 bits per heavy atom. The third-order valence-electron chi connectivity index (χ3n) is 4.82. The number of thiophene rings is 1. The second kappa shape index (κ2) is 8.79. The molecule has 0 aliphatic rings. The molecule has 0 saturated heterocycles. The SMILES string of the molecule is COc1c(-c2cccs2)oc2c(CC=C(C)C)c(O)c(CC=C(C)C)c(O)c2c1=O. The number of benzene rings is 1. The minimum atomic E-state index is -0.462. The van der Waals surface area contributed by atoms with Crippen LogP contribution in [0.1, 0.15) is 38.8 Å². The van der Waals surface area contributed by atoms with Crippen LogP contribution in [0.3, 0.4) is 0 Å². The lowest BCUT2D eigenvalue weighted by molar-refractivity contribution is 0.396.